The standard InChI is InChI=1S/C39H54N8O10/c1-20(2)31(36(55)42-19-29(41)49)46-37(56)32(21(3)4)45-35(54)28(17-30(50)51)44-38(57)39(15-14-24-8-6-7-9-25(24)18-39)47-33(52)22(5)43-34(53)27(40)16-23-10-12-26(48)13-11-23/h6-13,20-22,27-28,31-32,48H,14-19,40H2,1-5H3,(H2,41,49)(H,42,55)(H,43,53)(H,44,57)(H,45,54)(H,46,56)(H,47,52)(H,50,51)/t22-,27+,28+,31+,32+,39-/m1/s1. The van der Waals surface area contributed by atoms with Crippen LogP contribution in [-0.2, 0) is 57.6 Å². The summed E-state index contributed by atoms with van der Waals surface area (Å²) < 4.78 is 0. The molecule has 0 unspecified atom stereocenters. The molecule has 0 bridgehead atoms. The maximum atomic E-state index is 14.3. The van der Waals surface area contributed by atoms with E-state index in [9.17, 15) is 48.6 Å². The number of aryl methyl sites for hydroxylation is 1. The average Bonchev–Trinajstić information content (AvgIpc) is 3.14. The Labute approximate surface area is 330 Å². The number of benzene rings is 2. The Bertz CT molecular complexity index is 1820. The first kappa shape index (κ1) is 45.4. The molecule has 310 valence electrons. The Morgan fingerprint density at radius 3 is 1.89 bits per heavy atom. The normalized spacial score (nSPS) is 17.4. The fourth-order valence-electron chi connectivity index (χ4n) is 6.33. The minimum absolute atomic E-state index is 0.0331. The van der Waals surface area contributed by atoms with Crippen molar-refractivity contribution in [1.29, 1.82) is 0 Å². The first-order valence-electron chi connectivity index (χ1n) is 18.6. The summed E-state index contributed by atoms with van der Waals surface area (Å²) in [7, 11) is 0. The number of primary amides is 1. The van der Waals surface area contributed by atoms with Crippen molar-refractivity contribution in [3.05, 3.63) is 65.2 Å². The molecule has 18 heteroatoms. The summed E-state index contributed by atoms with van der Waals surface area (Å²) in [6, 6.07) is 7.00. The zero-order valence-electron chi connectivity index (χ0n) is 32.7. The van der Waals surface area contributed by atoms with Gasteiger partial charge in [0.25, 0.3) is 0 Å². The molecule has 0 radical (unpaired) electrons. The van der Waals surface area contributed by atoms with Crippen molar-refractivity contribution in [3.8, 4) is 5.75 Å². The number of nitrogens with two attached hydrogens (primary N) is 2. The van der Waals surface area contributed by atoms with Crippen molar-refractivity contribution in [3.63, 3.8) is 0 Å². The van der Waals surface area contributed by atoms with Crippen molar-refractivity contribution < 1.29 is 48.6 Å². The molecule has 7 amide bonds. The number of carbonyl (C=O) groups is 8. The second kappa shape index (κ2) is 20.2. The number of phenols is 1. The van der Waals surface area contributed by atoms with Crippen molar-refractivity contribution in [2.24, 2.45) is 23.3 Å². The topological polar surface area (TPSA) is 301 Å². The SMILES string of the molecule is CC(C)[C@H](NC(=O)[C@H](CC(=O)O)NC(=O)[C@@]1(NC(=O)[C@@H](C)NC(=O)[C@@H](N)Cc2ccc(O)cc2)CCc2ccccc2C1)C(=O)N[C@H](C(=O)NCC(N)=O)C(C)C. The van der Waals surface area contributed by atoms with Gasteiger partial charge in [-0.15, -0.1) is 0 Å². The zero-order valence-corrected chi connectivity index (χ0v) is 32.7. The van der Waals surface area contributed by atoms with Crippen LogP contribution in [0.4, 0.5) is 0 Å². The molecule has 0 fully saturated rings. The number of nitrogens with one attached hydrogen (secondary N) is 6. The molecule has 0 heterocycles. The molecule has 0 aromatic heterocycles. The molecular weight excluding hydrogens is 740 g/mol. The first-order valence-corrected chi connectivity index (χ1v) is 18.6. The maximum Gasteiger partial charge on any atom is 0.305 e. The van der Waals surface area contributed by atoms with E-state index in [0.717, 1.165) is 11.1 Å². The van der Waals surface area contributed by atoms with Gasteiger partial charge in [-0.3, -0.25) is 38.4 Å². The summed E-state index contributed by atoms with van der Waals surface area (Å²) in [5.41, 5.74) is 11.8. The van der Waals surface area contributed by atoms with Crippen LogP contribution in [-0.4, -0.2) is 99.8 Å². The lowest BCUT2D eigenvalue weighted by Crippen LogP contribution is -2.67. The first-order chi connectivity index (χ1) is 26.7. The number of carboxylic acid groups (broad SMARTS) is 1. The monoisotopic (exact) mass is 794 g/mol. The second-order valence-electron chi connectivity index (χ2n) is 15.0. The fraction of sp³-hybridized carbons (Fsp3) is 0.487. The highest BCUT2D eigenvalue weighted by Crippen LogP contribution is 2.30. The molecule has 0 aliphatic heterocycles. The number of hydrogen-bond donors (Lipinski definition) is 10. The van der Waals surface area contributed by atoms with Gasteiger partial charge in [0, 0.05) is 6.42 Å². The quantitative estimate of drug-likeness (QED) is 0.0793. The van der Waals surface area contributed by atoms with E-state index >= 15 is 0 Å². The predicted molar refractivity (Wildman–Crippen MR) is 207 cm³/mol. The van der Waals surface area contributed by atoms with Crippen molar-refractivity contribution in [2.75, 3.05) is 6.54 Å². The minimum atomic E-state index is -1.72. The number of fused-ring (bicyclic) bond motifs is 1. The van der Waals surface area contributed by atoms with Crippen LogP contribution in [0.25, 0.3) is 0 Å². The van der Waals surface area contributed by atoms with Crippen LogP contribution in [0.2, 0.25) is 0 Å². The van der Waals surface area contributed by atoms with Gasteiger partial charge in [-0.05, 0) is 66.8 Å². The van der Waals surface area contributed by atoms with E-state index in [0.29, 0.717) is 12.0 Å². The number of carbonyl (C=O) groups excluding carboxylic acids is 7. The molecule has 12 N–H and O–H groups in total. The summed E-state index contributed by atoms with van der Waals surface area (Å²) in [6.07, 6.45) is -0.428. The van der Waals surface area contributed by atoms with E-state index in [-0.39, 0.29) is 25.0 Å². The molecule has 57 heavy (non-hydrogen) atoms. The lowest BCUT2D eigenvalue weighted by Gasteiger charge is -2.39. The number of amides is 7. The minimum Gasteiger partial charge on any atom is -0.508 e. The Morgan fingerprint density at radius 2 is 1.32 bits per heavy atom. The van der Waals surface area contributed by atoms with E-state index in [1.54, 1.807) is 52.0 Å². The molecule has 0 spiro atoms. The number of aliphatic carboxylic acids is 1. The molecule has 0 saturated carbocycles. The molecule has 2 aromatic carbocycles. The van der Waals surface area contributed by atoms with Gasteiger partial charge < -0.3 is 53.6 Å². The van der Waals surface area contributed by atoms with Gasteiger partial charge in [0.2, 0.25) is 41.4 Å². The molecule has 18 nitrogen and oxygen atoms in total. The molecule has 2 aromatic rings. The summed E-state index contributed by atoms with van der Waals surface area (Å²) in [5.74, 6) is -7.96. The zero-order chi connectivity index (χ0) is 42.6. The summed E-state index contributed by atoms with van der Waals surface area (Å²) in [4.78, 5) is 104. The van der Waals surface area contributed by atoms with E-state index in [1.165, 1.54) is 19.1 Å². The van der Waals surface area contributed by atoms with Crippen LogP contribution < -0.4 is 43.4 Å². The van der Waals surface area contributed by atoms with Crippen molar-refractivity contribution in [2.45, 2.75) is 102 Å². The third-order valence-corrected chi connectivity index (χ3v) is 9.64. The van der Waals surface area contributed by atoms with Gasteiger partial charge >= 0.3 is 5.97 Å². The largest absolute Gasteiger partial charge is 0.508 e. The molecule has 1 aliphatic carbocycles. The number of aromatic hydroxyl groups is 1. The Morgan fingerprint density at radius 1 is 0.737 bits per heavy atom. The maximum absolute atomic E-state index is 14.3. The molecule has 3 rings (SSSR count). The molecule has 6 atom stereocenters. The van der Waals surface area contributed by atoms with Gasteiger partial charge in [-0.25, -0.2) is 0 Å². The van der Waals surface area contributed by atoms with Gasteiger partial charge in [-0.1, -0.05) is 64.1 Å². The molecular formula is C39H54N8O10. The predicted octanol–water partition coefficient (Wildman–Crippen LogP) is -1.35. The van der Waals surface area contributed by atoms with Crippen LogP contribution in [0.1, 0.15) is 64.2 Å². The van der Waals surface area contributed by atoms with Crippen molar-refractivity contribution in [1.82, 2.24) is 31.9 Å². The molecule has 1 aliphatic rings. The van der Waals surface area contributed by atoms with Crippen LogP contribution in [0.3, 0.4) is 0 Å². The number of phenolic OH excluding ortho intramolecular Hbond substituents is 1. The third-order valence-electron chi connectivity index (χ3n) is 9.64. The van der Waals surface area contributed by atoms with E-state index in [4.69, 9.17) is 11.5 Å². The fourth-order valence-corrected chi connectivity index (χ4v) is 6.33. The van der Waals surface area contributed by atoms with Gasteiger partial charge in [0.05, 0.1) is 19.0 Å². The lowest BCUT2D eigenvalue weighted by molar-refractivity contribution is -0.143. The highest BCUT2D eigenvalue weighted by molar-refractivity contribution is 5.99. The van der Waals surface area contributed by atoms with Gasteiger partial charge in [-0.2, -0.15) is 0 Å². The van der Waals surface area contributed by atoms with E-state index < -0.39 is 108 Å². The number of rotatable bonds is 19. The Balaban J connectivity index is 1.83. The van der Waals surface area contributed by atoms with Crippen LogP contribution in [0, 0.1) is 11.8 Å². The van der Waals surface area contributed by atoms with Gasteiger partial charge in [0.1, 0.15) is 35.5 Å². The summed E-state index contributed by atoms with van der Waals surface area (Å²) in [5, 5.41) is 34.5. The number of hydrogen-bond acceptors (Lipinski definition) is 10. The highest BCUT2D eigenvalue weighted by atomic mass is 16.4. The smallest absolute Gasteiger partial charge is 0.305 e. The van der Waals surface area contributed by atoms with Crippen LogP contribution >= 0.6 is 0 Å². The van der Waals surface area contributed by atoms with E-state index in [2.05, 4.69) is 31.9 Å². The Hall–Kier alpha value is -6.04. The average molecular weight is 795 g/mol. The third kappa shape index (κ3) is 13.0. The summed E-state index contributed by atoms with van der Waals surface area (Å²) >= 11 is 0. The number of carboxylic acids is 1. The van der Waals surface area contributed by atoms with Gasteiger partial charge in [0.15, 0.2) is 0 Å². The summed E-state index contributed by atoms with van der Waals surface area (Å²) in [6.45, 7) is 7.46. The van der Waals surface area contributed by atoms with Crippen LogP contribution in [0.5, 0.6) is 5.75 Å². The van der Waals surface area contributed by atoms with Crippen molar-refractivity contribution >= 4 is 47.3 Å². The van der Waals surface area contributed by atoms with E-state index in [1.807, 2.05) is 12.1 Å². The highest BCUT2D eigenvalue weighted by Gasteiger charge is 2.45. The Kier molecular flexibility index (Phi) is 16.1. The van der Waals surface area contributed by atoms with Crippen LogP contribution in [0.15, 0.2) is 48.5 Å². The molecule has 0 saturated heterocycles. The lowest BCUT2D eigenvalue weighted by atomic mass is 9.77. The second-order valence-corrected chi connectivity index (χ2v) is 15.0.